The predicted molar refractivity (Wildman–Crippen MR) is 103 cm³/mol. The highest BCUT2D eigenvalue weighted by atomic mass is 35.5. The lowest BCUT2D eigenvalue weighted by Gasteiger charge is -2.28. The average molecular weight is 390 g/mol. The van der Waals surface area contributed by atoms with Gasteiger partial charge in [-0.15, -0.1) is 11.8 Å². The van der Waals surface area contributed by atoms with Crippen molar-refractivity contribution >= 4 is 35.2 Å². The molecule has 4 nitrogen and oxygen atoms in total. The van der Waals surface area contributed by atoms with E-state index in [-0.39, 0.29) is 24.9 Å². The summed E-state index contributed by atoms with van der Waals surface area (Å²) in [4.78, 5) is 26.9. The fourth-order valence-corrected chi connectivity index (χ4v) is 3.76. The van der Waals surface area contributed by atoms with Crippen molar-refractivity contribution in [3.8, 4) is 0 Å². The normalized spacial score (nSPS) is 13.2. The first-order chi connectivity index (χ1) is 12.6. The van der Waals surface area contributed by atoms with Crippen molar-refractivity contribution in [2.45, 2.75) is 24.3 Å². The summed E-state index contributed by atoms with van der Waals surface area (Å²) in [5.74, 6) is 0.113. The third-order valence-corrected chi connectivity index (χ3v) is 5.49. The highest BCUT2D eigenvalue weighted by Gasteiger charge is 2.21. The highest BCUT2D eigenvalue weighted by molar-refractivity contribution is 7.99. The van der Waals surface area contributed by atoms with Crippen LogP contribution < -0.4 is 0 Å². The van der Waals surface area contributed by atoms with Crippen LogP contribution in [0.3, 0.4) is 0 Å². The van der Waals surface area contributed by atoms with E-state index in [1.807, 2.05) is 42.5 Å². The molecule has 6 heteroatoms. The first-order valence-corrected chi connectivity index (χ1v) is 9.87. The second-order valence-electron chi connectivity index (χ2n) is 6.05. The van der Waals surface area contributed by atoms with Crippen LogP contribution in [0.2, 0.25) is 5.02 Å². The molecule has 0 atom stereocenters. The molecule has 0 saturated heterocycles. The van der Waals surface area contributed by atoms with Gasteiger partial charge < -0.3 is 9.64 Å². The van der Waals surface area contributed by atoms with Crippen LogP contribution in [0.4, 0.5) is 0 Å². The van der Waals surface area contributed by atoms with Gasteiger partial charge in [0.05, 0.1) is 6.42 Å². The molecule has 0 fully saturated rings. The number of hydrogen-bond donors (Lipinski definition) is 0. The van der Waals surface area contributed by atoms with Gasteiger partial charge in [-0.1, -0.05) is 35.9 Å². The molecule has 26 heavy (non-hydrogen) atoms. The van der Waals surface area contributed by atoms with Crippen LogP contribution in [-0.2, 0) is 27.3 Å². The van der Waals surface area contributed by atoms with Crippen LogP contribution in [0.25, 0.3) is 0 Å². The summed E-state index contributed by atoms with van der Waals surface area (Å²) in [5, 5.41) is 0.688. The number of fused-ring (bicyclic) bond motifs is 1. The number of ether oxygens (including phenoxy) is 1. The Balaban J connectivity index is 1.37. The molecule has 0 N–H and O–H groups in total. The summed E-state index contributed by atoms with van der Waals surface area (Å²) >= 11 is 7.40. The number of carbonyl (C=O) groups is 2. The first kappa shape index (κ1) is 18.8. The lowest BCUT2D eigenvalue weighted by Crippen LogP contribution is -2.38. The van der Waals surface area contributed by atoms with E-state index in [1.54, 1.807) is 16.7 Å². The standard InChI is InChI=1S/C20H20ClNO3S/c21-17-5-7-18(8-6-17)26-12-10-20(24)25-14-19(23)22-11-9-15-3-1-2-4-16(15)13-22/h1-8H,9-14H2. The van der Waals surface area contributed by atoms with E-state index in [1.165, 1.54) is 5.56 Å². The lowest BCUT2D eigenvalue weighted by molar-refractivity contribution is -0.152. The highest BCUT2D eigenvalue weighted by Crippen LogP contribution is 2.21. The third-order valence-electron chi connectivity index (χ3n) is 4.23. The van der Waals surface area contributed by atoms with Gasteiger partial charge in [0, 0.05) is 28.8 Å². The Hall–Kier alpha value is -1.98. The van der Waals surface area contributed by atoms with Gasteiger partial charge >= 0.3 is 5.97 Å². The Kier molecular flexibility index (Phi) is 6.58. The quantitative estimate of drug-likeness (QED) is 0.554. The summed E-state index contributed by atoms with van der Waals surface area (Å²) in [5.41, 5.74) is 2.45. The van der Waals surface area contributed by atoms with E-state index in [4.69, 9.17) is 16.3 Å². The van der Waals surface area contributed by atoms with E-state index in [2.05, 4.69) is 6.07 Å². The number of benzene rings is 2. The van der Waals surface area contributed by atoms with Crippen molar-refractivity contribution in [2.24, 2.45) is 0 Å². The maximum Gasteiger partial charge on any atom is 0.307 e. The molecular formula is C20H20ClNO3S. The van der Waals surface area contributed by atoms with E-state index in [0.29, 0.717) is 23.9 Å². The van der Waals surface area contributed by atoms with E-state index in [0.717, 1.165) is 16.9 Å². The van der Waals surface area contributed by atoms with Crippen LogP contribution in [0.15, 0.2) is 53.4 Å². The van der Waals surface area contributed by atoms with Crippen molar-refractivity contribution in [2.75, 3.05) is 18.9 Å². The fourth-order valence-electron chi connectivity index (χ4n) is 2.80. The van der Waals surface area contributed by atoms with Gasteiger partial charge in [0.15, 0.2) is 6.61 Å². The summed E-state index contributed by atoms with van der Waals surface area (Å²) < 4.78 is 5.14. The van der Waals surface area contributed by atoms with Crippen LogP contribution in [0.5, 0.6) is 0 Å². The number of carbonyl (C=O) groups excluding carboxylic acids is 2. The number of esters is 1. The molecule has 0 spiro atoms. The van der Waals surface area contributed by atoms with Crippen LogP contribution in [0.1, 0.15) is 17.5 Å². The molecular weight excluding hydrogens is 370 g/mol. The molecule has 0 aliphatic carbocycles. The zero-order valence-corrected chi connectivity index (χ0v) is 15.9. The fraction of sp³-hybridized carbons (Fsp3) is 0.300. The molecule has 0 saturated carbocycles. The maximum atomic E-state index is 12.3. The number of rotatable bonds is 6. The van der Waals surface area contributed by atoms with Gasteiger partial charge in [0.25, 0.3) is 5.91 Å². The Bertz CT molecular complexity index is 779. The molecule has 136 valence electrons. The smallest absolute Gasteiger partial charge is 0.307 e. The number of halogens is 1. The van der Waals surface area contributed by atoms with Crippen molar-refractivity contribution < 1.29 is 14.3 Å². The average Bonchev–Trinajstić information content (AvgIpc) is 2.67. The Morgan fingerprint density at radius 2 is 1.81 bits per heavy atom. The zero-order chi connectivity index (χ0) is 18.4. The van der Waals surface area contributed by atoms with E-state index in [9.17, 15) is 9.59 Å². The van der Waals surface area contributed by atoms with E-state index < -0.39 is 0 Å². The number of nitrogens with zero attached hydrogens (tertiary/aromatic N) is 1. The van der Waals surface area contributed by atoms with Crippen LogP contribution in [-0.4, -0.2) is 35.7 Å². The lowest BCUT2D eigenvalue weighted by atomic mass is 10.00. The Morgan fingerprint density at radius 3 is 2.58 bits per heavy atom. The molecule has 2 aromatic carbocycles. The third kappa shape index (κ3) is 5.26. The van der Waals surface area contributed by atoms with Gasteiger partial charge in [0.1, 0.15) is 0 Å². The molecule has 0 unspecified atom stereocenters. The minimum atomic E-state index is -0.350. The van der Waals surface area contributed by atoms with Gasteiger partial charge in [-0.2, -0.15) is 0 Å². The van der Waals surface area contributed by atoms with Gasteiger partial charge in [-0.25, -0.2) is 0 Å². The Morgan fingerprint density at radius 1 is 1.08 bits per heavy atom. The van der Waals surface area contributed by atoms with Crippen LogP contribution >= 0.6 is 23.4 Å². The Labute approximate surface area is 162 Å². The minimum Gasteiger partial charge on any atom is -0.456 e. The number of thioether (sulfide) groups is 1. The molecule has 0 bridgehead atoms. The summed E-state index contributed by atoms with van der Waals surface area (Å²) in [6.07, 6.45) is 1.11. The summed E-state index contributed by atoms with van der Waals surface area (Å²) in [6, 6.07) is 15.6. The van der Waals surface area contributed by atoms with Crippen LogP contribution in [0, 0.1) is 0 Å². The maximum absolute atomic E-state index is 12.3. The number of hydrogen-bond acceptors (Lipinski definition) is 4. The predicted octanol–water partition coefficient (Wildman–Crippen LogP) is 3.95. The topological polar surface area (TPSA) is 46.6 Å². The van der Waals surface area contributed by atoms with Crippen molar-refractivity contribution in [3.63, 3.8) is 0 Å². The van der Waals surface area contributed by atoms with Crippen molar-refractivity contribution in [1.29, 1.82) is 0 Å². The molecule has 3 rings (SSSR count). The summed E-state index contributed by atoms with van der Waals surface area (Å²) in [7, 11) is 0. The molecule has 1 heterocycles. The number of amides is 1. The molecule has 0 aromatic heterocycles. The molecule has 1 amide bonds. The zero-order valence-electron chi connectivity index (χ0n) is 14.3. The first-order valence-electron chi connectivity index (χ1n) is 8.50. The minimum absolute atomic E-state index is 0.141. The molecule has 1 aliphatic heterocycles. The molecule has 1 aliphatic rings. The molecule has 2 aromatic rings. The van der Waals surface area contributed by atoms with Crippen molar-refractivity contribution in [3.05, 3.63) is 64.7 Å². The van der Waals surface area contributed by atoms with Gasteiger partial charge in [-0.3, -0.25) is 9.59 Å². The monoisotopic (exact) mass is 389 g/mol. The second kappa shape index (κ2) is 9.10. The van der Waals surface area contributed by atoms with Gasteiger partial charge in [-0.05, 0) is 41.8 Å². The van der Waals surface area contributed by atoms with E-state index >= 15 is 0 Å². The molecule has 0 radical (unpaired) electrons. The largest absolute Gasteiger partial charge is 0.456 e. The van der Waals surface area contributed by atoms with Gasteiger partial charge in [0.2, 0.25) is 0 Å². The summed E-state index contributed by atoms with van der Waals surface area (Å²) in [6.45, 7) is 1.06. The van der Waals surface area contributed by atoms with Crippen molar-refractivity contribution in [1.82, 2.24) is 4.90 Å². The SMILES string of the molecule is O=C(CCSc1ccc(Cl)cc1)OCC(=O)N1CCc2ccccc2C1. The second-order valence-corrected chi connectivity index (χ2v) is 7.65.